The zero-order chi connectivity index (χ0) is 16.4. The second-order valence-electron chi connectivity index (χ2n) is 5.96. The van der Waals surface area contributed by atoms with Crippen LogP contribution in [0.15, 0.2) is 46.6 Å². The highest BCUT2D eigenvalue weighted by Crippen LogP contribution is 2.23. The van der Waals surface area contributed by atoms with Crippen molar-refractivity contribution in [2.45, 2.75) is 25.5 Å². The molecule has 0 bridgehead atoms. The van der Waals surface area contributed by atoms with E-state index in [0.29, 0.717) is 12.6 Å². The summed E-state index contributed by atoms with van der Waals surface area (Å²) in [6, 6.07) is 11.5. The van der Waals surface area contributed by atoms with Gasteiger partial charge in [0.25, 0.3) is 5.56 Å². The smallest absolute Gasteiger partial charge is 0.259 e. The van der Waals surface area contributed by atoms with Crippen LogP contribution in [-0.2, 0) is 11.3 Å². The van der Waals surface area contributed by atoms with Gasteiger partial charge in [0.15, 0.2) is 4.96 Å². The number of ether oxygens (including phenoxy) is 1. The third kappa shape index (κ3) is 3.13. The van der Waals surface area contributed by atoms with Gasteiger partial charge in [0.2, 0.25) is 0 Å². The summed E-state index contributed by atoms with van der Waals surface area (Å²) in [6.45, 7) is 2.25. The number of hydrogen-bond acceptors (Lipinski definition) is 5. The first-order chi connectivity index (χ1) is 11.8. The Balaban J connectivity index is 1.56. The predicted octanol–water partition coefficient (Wildman–Crippen LogP) is 2.69. The van der Waals surface area contributed by atoms with E-state index in [1.807, 2.05) is 35.7 Å². The average Bonchev–Trinajstić information content (AvgIpc) is 3.25. The van der Waals surface area contributed by atoms with Gasteiger partial charge in [0.05, 0.1) is 17.5 Å². The van der Waals surface area contributed by atoms with Crippen molar-refractivity contribution in [2.24, 2.45) is 0 Å². The first kappa shape index (κ1) is 15.5. The van der Waals surface area contributed by atoms with Crippen molar-refractivity contribution < 1.29 is 4.74 Å². The fourth-order valence-electron chi connectivity index (χ4n) is 3.03. The van der Waals surface area contributed by atoms with Crippen LogP contribution in [0.25, 0.3) is 16.2 Å². The third-order valence-electron chi connectivity index (χ3n) is 4.23. The molecular weight excluding hydrogens is 322 g/mol. The van der Waals surface area contributed by atoms with E-state index < -0.39 is 0 Å². The number of hydrogen-bond donors (Lipinski definition) is 1. The maximum Gasteiger partial charge on any atom is 0.259 e. The molecule has 2 aromatic heterocycles. The molecule has 124 valence electrons. The second-order valence-corrected chi connectivity index (χ2v) is 6.79. The van der Waals surface area contributed by atoms with E-state index in [4.69, 9.17) is 4.74 Å². The first-order valence-electron chi connectivity index (χ1n) is 8.19. The molecule has 1 saturated heterocycles. The lowest BCUT2D eigenvalue weighted by Crippen LogP contribution is -2.27. The lowest BCUT2D eigenvalue weighted by molar-refractivity contribution is 0.110. The Morgan fingerprint density at radius 2 is 2.21 bits per heavy atom. The van der Waals surface area contributed by atoms with Crippen LogP contribution in [0.1, 0.15) is 18.5 Å². The van der Waals surface area contributed by atoms with Gasteiger partial charge in [-0.15, -0.1) is 11.3 Å². The Labute approximate surface area is 143 Å². The minimum atomic E-state index is -0.0333. The van der Waals surface area contributed by atoms with E-state index in [9.17, 15) is 4.79 Å². The summed E-state index contributed by atoms with van der Waals surface area (Å²) in [7, 11) is 0. The molecule has 0 spiro atoms. The van der Waals surface area contributed by atoms with Crippen molar-refractivity contribution in [2.75, 3.05) is 13.2 Å². The molecule has 3 aromatic rings. The van der Waals surface area contributed by atoms with Crippen LogP contribution in [0.5, 0.6) is 0 Å². The number of aromatic nitrogens is 2. The number of benzene rings is 1. The molecule has 3 heterocycles. The molecule has 1 aliphatic rings. The molecule has 0 radical (unpaired) electrons. The van der Waals surface area contributed by atoms with Crippen molar-refractivity contribution in [3.05, 3.63) is 57.8 Å². The Kier molecular flexibility index (Phi) is 4.42. The van der Waals surface area contributed by atoms with Crippen molar-refractivity contribution in [3.63, 3.8) is 0 Å². The van der Waals surface area contributed by atoms with Crippen molar-refractivity contribution >= 4 is 16.3 Å². The van der Waals surface area contributed by atoms with Gasteiger partial charge in [0.1, 0.15) is 0 Å². The maximum absolute atomic E-state index is 12.6. The Morgan fingerprint density at radius 3 is 3.00 bits per heavy atom. The number of nitrogens with zero attached hydrogens (tertiary/aromatic N) is 2. The highest BCUT2D eigenvalue weighted by molar-refractivity contribution is 7.15. The van der Waals surface area contributed by atoms with E-state index in [-0.39, 0.29) is 5.56 Å². The molecule has 1 aromatic carbocycles. The van der Waals surface area contributed by atoms with Crippen molar-refractivity contribution in [1.29, 1.82) is 0 Å². The molecule has 4 rings (SSSR count). The summed E-state index contributed by atoms with van der Waals surface area (Å²) < 4.78 is 7.27. The van der Waals surface area contributed by atoms with E-state index in [1.165, 1.54) is 11.3 Å². The number of fused-ring (bicyclic) bond motifs is 1. The van der Waals surface area contributed by atoms with Crippen LogP contribution in [0.3, 0.4) is 0 Å². The van der Waals surface area contributed by atoms with Crippen LogP contribution in [0.4, 0.5) is 0 Å². The van der Waals surface area contributed by atoms with Gasteiger partial charge in [-0.1, -0.05) is 30.3 Å². The lowest BCUT2D eigenvalue weighted by Gasteiger charge is -2.10. The van der Waals surface area contributed by atoms with Crippen LogP contribution >= 0.6 is 11.3 Å². The summed E-state index contributed by atoms with van der Waals surface area (Å²) in [4.78, 5) is 17.9. The number of rotatable bonds is 5. The summed E-state index contributed by atoms with van der Waals surface area (Å²) in [6.07, 6.45) is 2.53. The van der Waals surface area contributed by atoms with Crippen molar-refractivity contribution in [3.8, 4) is 11.3 Å². The van der Waals surface area contributed by atoms with Crippen LogP contribution in [0.2, 0.25) is 0 Å². The SMILES string of the molecule is O=c1cc(CNCC2CCCO2)nc2scc(-c3ccccc3)n12. The maximum atomic E-state index is 12.6. The minimum absolute atomic E-state index is 0.0333. The zero-order valence-electron chi connectivity index (χ0n) is 13.3. The van der Waals surface area contributed by atoms with Gasteiger partial charge >= 0.3 is 0 Å². The van der Waals surface area contributed by atoms with E-state index in [2.05, 4.69) is 10.3 Å². The Hall–Kier alpha value is -2.02. The predicted molar refractivity (Wildman–Crippen MR) is 95.5 cm³/mol. The van der Waals surface area contributed by atoms with E-state index in [0.717, 1.165) is 47.9 Å². The molecule has 0 saturated carbocycles. The molecule has 5 nitrogen and oxygen atoms in total. The molecule has 24 heavy (non-hydrogen) atoms. The van der Waals surface area contributed by atoms with Crippen LogP contribution in [-0.4, -0.2) is 28.6 Å². The van der Waals surface area contributed by atoms with Crippen LogP contribution < -0.4 is 10.9 Å². The summed E-state index contributed by atoms with van der Waals surface area (Å²) in [5.74, 6) is 0. The Bertz CT molecular complexity index is 882. The monoisotopic (exact) mass is 341 g/mol. The van der Waals surface area contributed by atoms with Gasteiger partial charge in [0, 0.05) is 31.1 Å². The fourth-order valence-corrected chi connectivity index (χ4v) is 3.95. The molecular formula is C18H19N3O2S. The second kappa shape index (κ2) is 6.84. The van der Waals surface area contributed by atoms with Gasteiger partial charge in [-0.05, 0) is 18.4 Å². The standard InChI is InChI=1S/C18H19N3O2S/c22-17-9-14(10-19-11-15-7-4-8-23-15)20-18-21(17)16(12-24-18)13-5-2-1-3-6-13/h1-3,5-6,9,12,15,19H,4,7-8,10-11H2. The molecule has 0 amide bonds. The quantitative estimate of drug-likeness (QED) is 0.775. The van der Waals surface area contributed by atoms with E-state index >= 15 is 0 Å². The van der Waals surface area contributed by atoms with Gasteiger partial charge in [-0.2, -0.15) is 0 Å². The first-order valence-corrected chi connectivity index (χ1v) is 9.07. The fraction of sp³-hybridized carbons (Fsp3) is 0.333. The number of thiazole rings is 1. The number of nitrogens with one attached hydrogen (secondary N) is 1. The average molecular weight is 341 g/mol. The van der Waals surface area contributed by atoms with Gasteiger partial charge in [-0.3, -0.25) is 9.20 Å². The Morgan fingerprint density at radius 1 is 1.33 bits per heavy atom. The lowest BCUT2D eigenvalue weighted by atomic mass is 10.2. The normalized spacial score (nSPS) is 17.6. The van der Waals surface area contributed by atoms with Crippen LogP contribution in [0, 0.1) is 0 Å². The molecule has 6 heteroatoms. The third-order valence-corrected chi connectivity index (χ3v) is 5.06. The molecule has 1 atom stereocenters. The van der Waals surface area contributed by atoms with Gasteiger partial charge in [-0.25, -0.2) is 4.98 Å². The molecule has 1 unspecified atom stereocenters. The highest BCUT2D eigenvalue weighted by Gasteiger charge is 2.15. The molecule has 1 N–H and O–H groups in total. The molecule has 1 aliphatic heterocycles. The molecule has 1 fully saturated rings. The topological polar surface area (TPSA) is 55.6 Å². The largest absolute Gasteiger partial charge is 0.377 e. The van der Waals surface area contributed by atoms with Gasteiger partial charge < -0.3 is 10.1 Å². The van der Waals surface area contributed by atoms with Crippen molar-refractivity contribution in [1.82, 2.24) is 14.7 Å². The molecule has 0 aliphatic carbocycles. The minimum Gasteiger partial charge on any atom is -0.377 e. The summed E-state index contributed by atoms with van der Waals surface area (Å²) >= 11 is 1.50. The summed E-state index contributed by atoms with van der Waals surface area (Å²) in [5, 5.41) is 5.33. The van der Waals surface area contributed by atoms with E-state index in [1.54, 1.807) is 10.5 Å². The highest BCUT2D eigenvalue weighted by atomic mass is 32.1. The summed E-state index contributed by atoms with van der Waals surface area (Å²) in [5.41, 5.74) is 2.66. The zero-order valence-corrected chi connectivity index (χ0v) is 14.1.